The molecule has 0 spiro atoms. The summed E-state index contributed by atoms with van der Waals surface area (Å²) in [5.74, 6) is -0.677. The lowest BCUT2D eigenvalue weighted by atomic mass is 9.94. The van der Waals surface area contributed by atoms with Crippen LogP contribution in [0.15, 0.2) is 46.0 Å². The van der Waals surface area contributed by atoms with Crippen molar-refractivity contribution >= 4 is 34.3 Å². The molecule has 4 fully saturated rings. The van der Waals surface area contributed by atoms with Gasteiger partial charge in [-0.2, -0.15) is 0 Å². The Bertz CT molecular complexity index is 2240. The number of carbonyl (C=O) groups excluding carboxylic acids is 2. The number of carbonyl (C=O) groups is 2. The number of hydrogen-bond acceptors (Lipinski definition) is 8. The van der Waals surface area contributed by atoms with Gasteiger partial charge < -0.3 is 29.2 Å². The van der Waals surface area contributed by atoms with Crippen molar-refractivity contribution in [2.45, 2.75) is 109 Å². The van der Waals surface area contributed by atoms with Gasteiger partial charge in [-0.25, -0.2) is 28.0 Å². The van der Waals surface area contributed by atoms with E-state index in [4.69, 9.17) is 9.47 Å². The molecular formula is C42H58F2N8O6. The van der Waals surface area contributed by atoms with Gasteiger partial charge in [-0.05, 0) is 116 Å². The van der Waals surface area contributed by atoms with Crippen molar-refractivity contribution < 1.29 is 27.8 Å². The quantitative estimate of drug-likeness (QED) is 0.242. The van der Waals surface area contributed by atoms with Crippen LogP contribution in [0, 0.1) is 11.6 Å². The van der Waals surface area contributed by atoms with Crippen molar-refractivity contribution in [1.82, 2.24) is 38.7 Å². The molecule has 0 radical (unpaired) electrons. The Hall–Kier alpha value is -4.70. The summed E-state index contributed by atoms with van der Waals surface area (Å²) in [4.78, 5) is 63.5. The van der Waals surface area contributed by atoms with Crippen molar-refractivity contribution in [2.75, 3.05) is 59.0 Å². The van der Waals surface area contributed by atoms with Crippen LogP contribution in [0.4, 0.5) is 18.4 Å². The normalized spacial score (nSPS) is 24.1. The molecule has 4 aromatic rings. The van der Waals surface area contributed by atoms with Crippen LogP contribution in [0.25, 0.3) is 22.1 Å². The number of H-pyrrole nitrogens is 2. The molecule has 4 aliphatic rings. The Morgan fingerprint density at radius 3 is 1.52 bits per heavy atom. The van der Waals surface area contributed by atoms with E-state index < -0.39 is 5.60 Å². The first kappa shape index (κ1) is 41.5. The van der Waals surface area contributed by atoms with Gasteiger partial charge in [0.15, 0.2) is 0 Å². The molecule has 0 aliphatic carbocycles. The van der Waals surface area contributed by atoms with E-state index in [0.29, 0.717) is 54.9 Å². The molecule has 2 amide bonds. The second kappa shape index (κ2) is 16.2. The second-order valence-electron chi connectivity index (χ2n) is 17.9. The first-order chi connectivity index (χ1) is 27.5. The van der Waals surface area contributed by atoms with Crippen molar-refractivity contribution in [1.29, 1.82) is 0 Å². The number of nitrogens with zero attached hydrogens (tertiary/aromatic N) is 6. The summed E-state index contributed by atoms with van der Waals surface area (Å²) in [6.45, 7) is 18.3. The van der Waals surface area contributed by atoms with Crippen LogP contribution < -0.4 is 11.4 Å². The van der Waals surface area contributed by atoms with E-state index in [-0.39, 0.29) is 58.4 Å². The SMILES string of the molecule is CC(C)(C)OC(=O)N1CCC(C)(N2CCC(n3c(=O)[nH]c4ccc(F)cc43)CC2)C1.CCOC(=O)N1CCC(C)(N2CCC(n3c(=O)[nH]c4ccc(F)cc43)CC2)C1. The van der Waals surface area contributed by atoms with Gasteiger partial charge in [0.1, 0.15) is 17.2 Å². The standard InChI is InChI=1S/C22H31FN4O3.C20H27FN4O3/c1-21(2,3)30-20(29)25-12-9-22(4,14-25)26-10-7-16(8-11-26)27-18-13-15(23)5-6-17(18)24-19(27)28;1-3-28-19(27)23-11-8-20(2,13-23)24-9-6-15(7-10-24)25-17-12-14(21)4-5-16(17)22-18(25)26/h5-6,13,16H,7-12,14H2,1-4H3,(H,24,28);4-5,12,15H,3,6-11,13H2,1-2H3,(H,22,26). The third kappa shape index (κ3) is 8.54. The number of fused-ring (bicyclic) bond motifs is 2. The summed E-state index contributed by atoms with van der Waals surface area (Å²) < 4.78 is 41.5. The molecule has 2 N–H and O–H groups in total. The minimum atomic E-state index is -0.500. The lowest BCUT2D eigenvalue weighted by Crippen LogP contribution is -2.52. The number of likely N-dealkylation sites (tertiary alicyclic amines) is 4. The number of aromatic nitrogens is 4. The van der Waals surface area contributed by atoms with E-state index in [9.17, 15) is 28.0 Å². The molecular weight excluding hydrogens is 751 g/mol. The molecule has 2 atom stereocenters. The number of piperidine rings is 2. The number of halogens is 2. The Labute approximate surface area is 337 Å². The van der Waals surface area contributed by atoms with Gasteiger partial charge in [-0.15, -0.1) is 0 Å². The molecule has 14 nitrogen and oxygen atoms in total. The van der Waals surface area contributed by atoms with Crippen LogP contribution in [0.3, 0.4) is 0 Å². The van der Waals surface area contributed by atoms with Crippen LogP contribution in [0.5, 0.6) is 0 Å². The fraction of sp³-hybridized carbons (Fsp3) is 0.619. The number of imidazole rings is 2. The molecule has 2 aromatic heterocycles. The number of benzene rings is 2. The maximum Gasteiger partial charge on any atom is 0.410 e. The predicted molar refractivity (Wildman–Crippen MR) is 217 cm³/mol. The highest BCUT2D eigenvalue weighted by Gasteiger charge is 2.44. The fourth-order valence-electron chi connectivity index (χ4n) is 9.50. The first-order valence-electron chi connectivity index (χ1n) is 20.7. The van der Waals surface area contributed by atoms with Crippen molar-refractivity contribution in [2.24, 2.45) is 0 Å². The largest absolute Gasteiger partial charge is 0.450 e. The lowest BCUT2D eigenvalue weighted by molar-refractivity contribution is 0.0221. The van der Waals surface area contributed by atoms with E-state index in [1.807, 2.05) is 27.7 Å². The van der Waals surface area contributed by atoms with Crippen LogP contribution in [0.2, 0.25) is 0 Å². The van der Waals surface area contributed by atoms with Crippen molar-refractivity contribution in [3.63, 3.8) is 0 Å². The molecule has 58 heavy (non-hydrogen) atoms. The highest BCUT2D eigenvalue weighted by atomic mass is 19.1. The summed E-state index contributed by atoms with van der Waals surface area (Å²) in [6, 6.07) is 8.89. The Morgan fingerprint density at radius 1 is 0.707 bits per heavy atom. The van der Waals surface area contributed by atoms with Gasteiger partial charge in [-0.1, -0.05) is 0 Å². The molecule has 4 aliphatic heterocycles. The van der Waals surface area contributed by atoms with E-state index >= 15 is 0 Å². The fourth-order valence-corrected chi connectivity index (χ4v) is 9.50. The summed E-state index contributed by atoms with van der Waals surface area (Å²) >= 11 is 0. The molecule has 0 saturated carbocycles. The van der Waals surface area contributed by atoms with Crippen molar-refractivity contribution in [3.8, 4) is 0 Å². The predicted octanol–water partition coefficient (Wildman–Crippen LogP) is 6.23. The van der Waals surface area contributed by atoms with Crippen LogP contribution in [0.1, 0.15) is 92.2 Å². The topological polar surface area (TPSA) is 141 Å². The smallest absolute Gasteiger partial charge is 0.410 e. The summed E-state index contributed by atoms with van der Waals surface area (Å²) in [5.41, 5.74) is 1.55. The lowest BCUT2D eigenvalue weighted by Gasteiger charge is -2.43. The molecule has 16 heteroatoms. The highest BCUT2D eigenvalue weighted by Crippen LogP contribution is 2.36. The third-order valence-corrected chi connectivity index (χ3v) is 12.6. The number of rotatable bonds is 5. The Balaban J connectivity index is 0.000000177. The van der Waals surface area contributed by atoms with Crippen molar-refractivity contribution in [3.05, 3.63) is 69.0 Å². The summed E-state index contributed by atoms with van der Waals surface area (Å²) in [7, 11) is 0. The van der Waals surface area contributed by atoms with Gasteiger partial charge in [0.25, 0.3) is 0 Å². The zero-order valence-corrected chi connectivity index (χ0v) is 34.6. The number of ether oxygens (including phenoxy) is 2. The first-order valence-corrected chi connectivity index (χ1v) is 20.7. The summed E-state index contributed by atoms with van der Waals surface area (Å²) in [5, 5.41) is 0. The maximum absolute atomic E-state index is 13.7. The van der Waals surface area contributed by atoms with Crippen LogP contribution in [-0.2, 0) is 9.47 Å². The van der Waals surface area contributed by atoms with Crippen LogP contribution >= 0.6 is 0 Å². The number of nitrogens with one attached hydrogen (secondary N) is 2. The van der Waals surface area contributed by atoms with Gasteiger partial charge in [0, 0.05) is 75.5 Å². The third-order valence-electron chi connectivity index (χ3n) is 12.6. The zero-order valence-electron chi connectivity index (χ0n) is 34.6. The highest BCUT2D eigenvalue weighted by molar-refractivity contribution is 5.76. The minimum absolute atomic E-state index is 0.0382. The molecule has 316 valence electrons. The number of hydrogen-bond donors (Lipinski definition) is 2. The molecule has 8 rings (SSSR count). The molecule has 4 saturated heterocycles. The van der Waals surface area contributed by atoms with E-state index in [1.54, 1.807) is 31.1 Å². The summed E-state index contributed by atoms with van der Waals surface area (Å²) in [6.07, 6.45) is 4.57. The second-order valence-corrected chi connectivity index (χ2v) is 17.9. The van der Waals surface area contributed by atoms with Gasteiger partial charge in [-0.3, -0.25) is 18.9 Å². The molecule has 2 unspecified atom stereocenters. The van der Waals surface area contributed by atoms with E-state index in [2.05, 4.69) is 33.6 Å². The average Bonchev–Trinajstić information content (AvgIpc) is 3.94. The van der Waals surface area contributed by atoms with Gasteiger partial charge in [0.2, 0.25) is 0 Å². The average molecular weight is 809 g/mol. The maximum atomic E-state index is 13.7. The zero-order chi connectivity index (χ0) is 41.6. The molecule has 6 heterocycles. The molecule has 0 bridgehead atoms. The number of amides is 2. The van der Waals surface area contributed by atoms with Crippen LogP contribution in [-0.4, -0.2) is 127 Å². The van der Waals surface area contributed by atoms with Gasteiger partial charge in [0.05, 0.1) is 28.7 Å². The Kier molecular flexibility index (Phi) is 11.5. The molecule has 2 aromatic carbocycles. The van der Waals surface area contributed by atoms with E-state index in [0.717, 1.165) is 64.7 Å². The monoisotopic (exact) mass is 808 g/mol. The Morgan fingerprint density at radius 2 is 1.12 bits per heavy atom. The van der Waals surface area contributed by atoms with Gasteiger partial charge >= 0.3 is 23.6 Å². The minimum Gasteiger partial charge on any atom is -0.450 e. The number of aromatic amines is 2. The van der Waals surface area contributed by atoms with E-state index in [1.165, 1.54) is 24.3 Å².